The number of carboxylic acid groups (broad SMARTS) is 1. The molecule has 1 saturated carbocycles. The summed E-state index contributed by atoms with van der Waals surface area (Å²) in [6, 6.07) is 10.3. The minimum absolute atomic E-state index is 0.00586. The van der Waals surface area contributed by atoms with E-state index in [4.69, 9.17) is 5.11 Å². The molecule has 0 radical (unpaired) electrons. The second-order valence-corrected chi connectivity index (χ2v) is 6.90. The molecule has 1 aliphatic heterocycles. The monoisotopic (exact) mass is 327 g/mol. The van der Waals surface area contributed by atoms with Gasteiger partial charge in [0.2, 0.25) is 5.91 Å². The van der Waals surface area contributed by atoms with Gasteiger partial charge in [-0.2, -0.15) is 0 Å². The zero-order chi connectivity index (χ0) is 16.9. The minimum atomic E-state index is -0.717. The van der Waals surface area contributed by atoms with Gasteiger partial charge < -0.3 is 10.0 Å². The predicted octanol–water partition coefficient (Wildman–Crippen LogP) is 3.58. The van der Waals surface area contributed by atoms with Crippen molar-refractivity contribution in [3.8, 4) is 0 Å². The Hall–Kier alpha value is -2.10. The van der Waals surface area contributed by atoms with Gasteiger partial charge in [0.25, 0.3) is 0 Å². The second-order valence-electron chi connectivity index (χ2n) is 6.90. The SMILES string of the molecule is O=C(O)C1CCC(C(=O)N2CCC[C@@H]2/C=C/c2ccccc2)CC1. The first-order chi connectivity index (χ1) is 11.6. The molecule has 2 aliphatic rings. The molecule has 24 heavy (non-hydrogen) atoms. The lowest BCUT2D eigenvalue weighted by Crippen LogP contribution is -2.40. The summed E-state index contributed by atoms with van der Waals surface area (Å²) in [5.74, 6) is -0.752. The van der Waals surface area contributed by atoms with E-state index >= 15 is 0 Å². The number of carboxylic acids is 1. The van der Waals surface area contributed by atoms with Crippen molar-refractivity contribution in [2.45, 2.75) is 44.6 Å². The highest BCUT2D eigenvalue weighted by Crippen LogP contribution is 2.32. The van der Waals surface area contributed by atoms with Crippen molar-refractivity contribution in [1.29, 1.82) is 0 Å². The van der Waals surface area contributed by atoms with Crippen LogP contribution >= 0.6 is 0 Å². The Balaban J connectivity index is 1.60. The fraction of sp³-hybridized carbons (Fsp3) is 0.500. The second kappa shape index (κ2) is 7.65. The lowest BCUT2D eigenvalue weighted by Gasteiger charge is -2.31. The fourth-order valence-electron chi connectivity index (χ4n) is 3.87. The van der Waals surface area contributed by atoms with Crippen LogP contribution in [0.25, 0.3) is 6.08 Å². The van der Waals surface area contributed by atoms with Crippen LogP contribution in [-0.4, -0.2) is 34.5 Å². The maximum Gasteiger partial charge on any atom is 0.306 e. The van der Waals surface area contributed by atoms with E-state index in [9.17, 15) is 9.59 Å². The molecule has 1 atom stereocenters. The minimum Gasteiger partial charge on any atom is -0.481 e. The quantitative estimate of drug-likeness (QED) is 0.919. The molecule has 4 nitrogen and oxygen atoms in total. The number of amides is 1. The number of likely N-dealkylation sites (tertiary alicyclic amines) is 1. The van der Waals surface area contributed by atoms with Crippen LogP contribution < -0.4 is 0 Å². The number of carbonyl (C=O) groups excluding carboxylic acids is 1. The van der Waals surface area contributed by atoms with Crippen LogP contribution in [0.15, 0.2) is 36.4 Å². The standard InChI is InChI=1S/C20H25NO3/c22-19(16-9-11-17(12-10-16)20(23)24)21-14-4-7-18(21)13-8-15-5-2-1-3-6-15/h1-3,5-6,8,13,16-18H,4,7,9-12,14H2,(H,23,24)/b13-8+/t16?,17?,18-/m1/s1. The molecule has 1 saturated heterocycles. The molecule has 0 aromatic heterocycles. The Morgan fingerprint density at radius 3 is 2.33 bits per heavy atom. The smallest absolute Gasteiger partial charge is 0.306 e. The maximum atomic E-state index is 12.8. The normalized spacial score (nSPS) is 27.5. The van der Waals surface area contributed by atoms with Crippen LogP contribution in [0.5, 0.6) is 0 Å². The number of carbonyl (C=O) groups is 2. The van der Waals surface area contributed by atoms with Gasteiger partial charge in [-0.25, -0.2) is 0 Å². The van der Waals surface area contributed by atoms with Gasteiger partial charge in [0.1, 0.15) is 0 Å². The summed E-state index contributed by atoms with van der Waals surface area (Å²) in [7, 11) is 0. The summed E-state index contributed by atoms with van der Waals surface area (Å²) < 4.78 is 0. The fourth-order valence-corrected chi connectivity index (χ4v) is 3.87. The van der Waals surface area contributed by atoms with Crippen LogP contribution in [0.4, 0.5) is 0 Å². The van der Waals surface area contributed by atoms with Gasteiger partial charge in [-0.1, -0.05) is 42.5 Å². The van der Waals surface area contributed by atoms with E-state index in [-0.39, 0.29) is 23.8 Å². The van der Waals surface area contributed by atoms with Crippen LogP contribution in [0, 0.1) is 11.8 Å². The molecule has 1 aromatic rings. The Morgan fingerprint density at radius 2 is 1.67 bits per heavy atom. The molecule has 1 aromatic carbocycles. The molecule has 1 aliphatic carbocycles. The number of hydrogen-bond acceptors (Lipinski definition) is 2. The molecule has 1 N–H and O–H groups in total. The van der Waals surface area contributed by atoms with Crippen molar-refractivity contribution < 1.29 is 14.7 Å². The van der Waals surface area contributed by atoms with Crippen LogP contribution in [0.3, 0.4) is 0 Å². The zero-order valence-corrected chi connectivity index (χ0v) is 13.9. The van der Waals surface area contributed by atoms with Gasteiger partial charge in [-0.15, -0.1) is 0 Å². The van der Waals surface area contributed by atoms with Crippen LogP contribution in [0.1, 0.15) is 44.1 Å². The largest absolute Gasteiger partial charge is 0.481 e. The number of rotatable bonds is 4. The van der Waals surface area contributed by atoms with Gasteiger partial charge >= 0.3 is 5.97 Å². The third kappa shape index (κ3) is 3.86. The first-order valence-corrected chi connectivity index (χ1v) is 8.91. The van der Waals surface area contributed by atoms with Crippen molar-refractivity contribution in [3.63, 3.8) is 0 Å². The van der Waals surface area contributed by atoms with E-state index in [1.807, 2.05) is 23.1 Å². The zero-order valence-electron chi connectivity index (χ0n) is 13.9. The molecule has 0 spiro atoms. The van der Waals surface area contributed by atoms with E-state index in [0.29, 0.717) is 25.7 Å². The predicted molar refractivity (Wildman–Crippen MR) is 93.3 cm³/mol. The Labute approximate surface area is 143 Å². The van der Waals surface area contributed by atoms with Gasteiger partial charge in [-0.3, -0.25) is 9.59 Å². The summed E-state index contributed by atoms with van der Waals surface area (Å²) in [5, 5.41) is 9.09. The average Bonchev–Trinajstić information content (AvgIpc) is 3.09. The molecule has 0 unspecified atom stereocenters. The van der Waals surface area contributed by atoms with E-state index < -0.39 is 5.97 Å². The number of benzene rings is 1. The summed E-state index contributed by atoms with van der Waals surface area (Å²) >= 11 is 0. The van der Waals surface area contributed by atoms with E-state index in [0.717, 1.165) is 24.9 Å². The third-order valence-corrected chi connectivity index (χ3v) is 5.32. The molecular weight excluding hydrogens is 302 g/mol. The average molecular weight is 327 g/mol. The van der Waals surface area contributed by atoms with Crippen LogP contribution in [0.2, 0.25) is 0 Å². The first kappa shape index (κ1) is 16.7. The van der Waals surface area contributed by atoms with Gasteiger partial charge in [0, 0.05) is 12.5 Å². The van der Waals surface area contributed by atoms with E-state index in [1.165, 1.54) is 0 Å². The molecule has 4 heteroatoms. The molecule has 0 bridgehead atoms. The van der Waals surface area contributed by atoms with Gasteiger partial charge in [-0.05, 0) is 44.1 Å². The van der Waals surface area contributed by atoms with Crippen molar-refractivity contribution in [2.75, 3.05) is 6.54 Å². The summed E-state index contributed by atoms with van der Waals surface area (Å²) in [6.07, 6.45) is 8.97. The number of aliphatic carboxylic acids is 1. The lowest BCUT2D eigenvalue weighted by molar-refractivity contribution is -0.145. The first-order valence-electron chi connectivity index (χ1n) is 8.91. The van der Waals surface area contributed by atoms with E-state index in [1.54, 1.807) is 0 Å². The molecule has 128 valence electrons. The maximum absolute atomic E-state index is 12.8. The molecule has 1 heterocycles. The molecule has 2 fully saturated rings. The van der Waals surface area contributed by atoms with Crippen molar-refractivity contribution in [1.82, 2.24) is 4.90 Å². The van der Waals surface area contributed by atoms with Crippen LogP contribution in [-0.2, 0) is 9.59 Å². The molecular formula is C20H25NO3. The lowest BCUT2D eigenvalue weighted by atomic mass is 9.81. The summed E-state index contributed by atoms with van der Waals surface area (Å²) in [4.78, 5) is 25.9. The van der Waals surface area contributed by atoms with Crippen molar-refractivity contribution >= 4 is 18.0 Å². The Morgan fingerprint density at radius 1 is 1.00 bits per heavy atom. The number of hydrogen-bond donors (Lipinski definition) is 1. The Bertz CT molecular complexity index is 603. The van der Waals surface area contributed by atoms with Crippen molar-refractivity contribution in [3.05, 3.63) is 42.0 Å². The summed E-state index contributed by atoms with van der Waals surface area (Å²) in [5.41, 5.74) is 1.15. The highest BCUT2D eigenvalue weighted by Gasteiger charge is 2.35. The number of nitrogens with zero attached hydrogens (tertiary/aromatic N) is 1. The van der Waals surface area contributed by atoms with E-state index in [2.05, 4.69) is 24.3 Å². The van der Waals surface area contributed by atoms with Crippen molar-refractivity contribution in [2.24, 2.45) is 11.8 Å². The Kier molecular flexibility index (Phi) is 5.34. The third-order valence-electron chi connectivity index (χ3n) is 5.32. The molecule has 3 rings (SSSR count). The van der Waals surface area contributed by atoms with Gasteiger partial charge in [0.05, 0.1) is 12.0 Å². The van der Waals surface area contributed by atoms with Gasteiger partial charge in [0.15, 0.2) is 0 Å². The highest BCUT2D eigenvalue weighted by molar-refractivity contribution is 5.80. The molecule has 1 amide bonds. The topological polar surface area (TPSA) is 57.6 Å². The highest BCUT2D eigenvalue weighted by atomic mass is 16.4. The summed E-state index contributed by atoms with van der Waals surface area (Å²) in [6.45, 7) is 0.821.